The quantitative estimate of drug-likeness (QED) is 0.731. The standard InChI is InChI=1S/C16H18N4O2/c21-15-14-9-17-5-6-20(14)16(22)13(19-15)7-10-8-18-12-4-2-1-3-11(10)12/h1-4,8,13-14,17-18H,5-7,9H2,(H,19,21)/t13-,14+/m0/s1. The molecule has 3 heterocycles. The average Bonchev–Trinajstić information content (AvgIpc) is 2.96. The van der Waals surface area contributed by atoms with E-state index in [0.29, 0.717) is 19.5 Å². The predicted octanol–water partition coefficient (Wildman–Crippen LogP) is 0.00920. The molecule has 114 valence electrons. The number of fused-ring (bicyclic) bond motifs is 2. The maximum absolute atomic E-state index is 12.6. The molecule has 2 aliphatic heterocycles. The van der Waals surface area contributed by atoms with Gasteiger partial charge in [0.2, 0.25) is 11.8 Å². The Morgan fingerprint density at radius 2 is 2.09 bits per heavy atom. The number of nitrogens with one attached hydrogen (secondary N) is 3. The summed E-state index contributed by atoms with van der Waals surface area (Å²) in [4.78, 5) is 29.8. The molecular formula is C16H18N4O2. The molecule has 2 fully saturated rings. The molecule has 3 N–H and O–H groups in total. The number of aromatic nitrogens is 1. The molecule has 2 aromatic rings. The van der Waals surface area contributed by atoms with Crippen molar-refractivity contribution in [3.8, 4) is 0 Å². The molecule has 0 unspecified atom stereocenters. The van der Waals surface area contributed by atoms with Crippen LogP contribution in [0.5, 0.6) is 0 Å². The van der Waals surface area contributed by atoms with E-state index in [9.17, 15) is 9.59 Å². The lowest BCUT2D eigenvalue weighted by Crippen LogP contribution is -2.69. The Morgan fingerprint density at radius 3 is 3.00 bits per heavy atom. The number of nitrogens with zero attached hydrogens (tertiary/aromatic N) is 1. The second-order valence-electron chi connectivity index (χ2n) is 5.88. The SMILES string of the molecule is O=C1N[C@@H](Cc2c[nH]c3ccccc23)C(=O)N2CCNC[C@H]12. The number of benzene rings is 1. The molecule has 2 saturated heterocycles. The van der Waals surface area contributed by atoms with Gasteiger partial charge in [0, 0.05) is 43.2 Å². The first-order valence-corrected chi connectivity index (χ1v) is 7.60. The van der Waals surface area contributed by atoms with Crippen molar-refractivity contribution < 1.29 is 9.59 Å². The van der Waals surface area contributed by atoms with Crippen LogP contribution in [0.1, 0.15) is 5.56 Å². The fraction of sp³-hybridized carbons (Fsp3) is 0.375. The summed E-state index contributed by atoms with van der Waals surface area (Å²) in [6.45, 7) is 1.88. The normalized spacial score (nSPS) is 25.2. The van der Waals surface area contributed by atoms with E-state index in [1.165, 1.54) is 0 Å². The fourth-order valence-corrected chi connectivity index (χ4v) is 3.39. The molecule has 0 bridgehead atoms. The van der Waals surface area contributed by atoms with Crippen molar-refractivity contribution in [3.63, 3.8) is 0 Å². The molecule has 4 rings (SSSR count). The van der Waals surface area contributed by atoms with Gasteiger partial charge in [-0.05, 0) is 11.6 Å². The van der Waals surface area contributed by atoms with Crippen LogP contribution in [-0.4, -0.2) is 53.4 Å². The summed E-state index contributed by atoms with van der Waals surface area (Å²) in [6, 6.07) is 7.16. The maximum atomic E-state index is 12.6. The monoisotopic (exact) mass is 298 g/mol. The van der Waals surface area contributed by atoms with Gasteiger partial charge in [0.1, 0.15) is 12.1 Å². The molecule has 2 amide bonds. The molecule has 1 aromatic carbocycles. The third-order valence-electron chi connectivity index (χ3n) is 4.54. The number of rotatable bonds is 2. The number of para-hydroxylation sites is 1. The molecular weight excluding hydrogens is 280 g/mol. The van der Waals surface area contributed by atoms with Crippen molar-refractivity contribution in [2.24, 2.45) is 0 Å². The van der Waals surface area contributed by atoms with Gasteiger partial charge in [-0.2, -0.15) is 0 Å². The van der Waals surface area contributed by atoms with Crippen molar-refractivity contribution in [1.82, 2.24) is 20.5 Å². The number of carbonyl (C=O) groups excluding carboxylic acids is 2. The van der Waals surface area contributed by atoms with Crippen LogP contribution in [0.25, 0.3) is 10.9 Å². The zero-order valence-corrected chi connectivity index (χ0v) is 12.1. The van der Waals surface area contributed by atoms with Crippen LogP contribution < -0.4 is 10.6 Å². The van der Waals surface area contributed by atoms with Crippen LogP contribution in [0, 0.1) is 0 Å². The lowest BCUT2D eigenvalue weighted by Gasteiger charge is -2.41. The van der Waals surface area contributed by atoms with Crippen LogP contribution >= 0.6 is 0 Å². The van der Waals surface area contributed by atoms with E-state index in [-0.39, 0.29) is 17.9 Å². The largest absolute Gasteiger partial charge is 0.361 e. The predicted molar refractivity (Wildman–Crippen MR) is 82.3 cm³/mol. The number of piperazine rings is 2. The van der Waals surface area contributed by atoms with E-state index in [2.05, 4.69) is 15.6 Å². The molecule has 2 atom stereocenters. The first kappa shape index (κ1) is 13.3. The van der Waals surface area contributed by atoms with Crippen LogP contribution in [0.4, 0.5) is 0 Å². The molecule has 0 aliphatic carbocycles. The molecule has 1 aromatic heterocycles. The molecule has 2 aliphatic rings. The van der Waals surface area contributed by atoms with Crippen LogP contribution in [-0.2, 0) is 16.0 Å². The van der Waals surface area contributed by atoms with Gasteiger partial charge < -0.3 is 20.5 Å². The average molecular weight is 298 g/mol. The van der Waals surface area contributed by atoms with Crippen LogP contribution in [0.15, 0.2) is 30.5 Å². The maximum Gasteiger partial charge on any atom is 0.246 e. The van der Waals surface area contributed by atoms with E-state index < -0.39 is 6.04 Å². The minimum Gasteiger partial charge on any atom is -0.361 e. The third-order valence-corrected chi connectivity index (χ3v) is 4.54. The minimum absolute atomic E-state index is 0.0244. The first-order valence-electron chi connectivity index (χ1n) is 7.60. The van der Waals surface area contributed by atoms with E-state index in [0.717, 1.165) is 23.0 Å². The van der Waals surface area contributed by atoms with Gasteiger partial charge in [-0.1, -0.05) is 18.2 Å². The Bertz CT molecular complexity index is 739. The fourth-order valence-electron chi connectivity index (χ4n) is 3.39. The highest BCUT2D eigenvalue weighted by atomic mass is 16.2. The summed E-state index contributed by atoms with van der Waals surface area (Å²) >= 11 is 0. The number of amides is 2. The van der Waals surface area contributed by atoms with Crippen molar-refractivity contribution in [3.05, 3.63) is 36.0 Å². The number of hydrogen-bond donors (Lipinski definition) is 3. The van der Waals surface area contributed by atoms with Gasteiger partial charge in [-0.3, -0.25) is 9.59 Å². The second kappa shape index (κ2) is 5.14. The Morgan fingerprint density at radius 1 is 1.23 bits per heavy atom. The summed E-state index contributed by atoms with van der Waals surface area (Å²) in [5.41, 5.74) is 2.11. The van der Waals surface area contributed by atoms with Crippen molar-refractivity contribution in [2.75, 3.05) is 19.6 Å². The van der Waals surface area contributed by atoms with Gasteiger partial charge >= 0.3 is 0 Å². The topological polar surface area (TPSA) is 77.2 Å². The van der Waals surface area contributed by atoms with Crippen molar-refractivity contribution in [1.29, 1.82) is 0 Å². The minimum atomic E-state index is -0.471. The highest BCUT2D eigenvalue weighted by molar-refractivity contribution is 5.98. The number of carbonyl (C=O) groups is 2. The molecule has 0 saturated carbocycles. The smallest absolute Gasteiger partial charge is 0.246 e. The van der Waals surface area contributed by atoms with Gasteiger partial charge in [0.25, 0.3) is 0 Å². The number of aromatic amines is 1. The Labute approximate surface area is 127 Å². The molecule has 0 radical (unpaired) electrons. The van der Waals surface area contributed by atoms with E-state index in [1.54, 1.807) is 4.90 Å². The summed E-state index contributed by atoms with van der Waals surface area (Å²) in [5.74, 6) is -0.0342. The number of H-pyrrole nitrogens is 1. The van der Waals surface area contributed by atoms with Crippen LogP contribution in [0.2, 0.25) is 0 Å². The molecule has 6 nitrogen and oxygen atoms in total. The Balaban J connectivity index is 1.60. The highest BCUT2D eigenvalue weighted by Crippen LogP contribution is 2.21. The lowest BCUT2D eigenvalue weighted by atomic mass is 9.99. The zero-order chi connectivity index (χ0) is 15.1. The van der Waals surface area contributed by atoms with Gasteiger partial charge in [0.15, 0.2) is 0 Å². The van der Waals surface area contributed by atoms with E-state index in [4.69, 9.17) is 0 Å². The Hall–Kier alpha value is -2.34. The molecule has 22 heavy (non-hydrogen) atoms. The summed E-state index contributed by atoms with van der Waals surface area (Å²) in [5, 5.41) is 7.15. The number of hydrogen-bond acceptors (Lipinski definition) is 3. The summed E-state index contributed by atoms with van der Waals surface area (Å²) in [7, 11) is 0. The summed E-state index contributed by atoms with van der Waals surface area (Å²) in [6.07, 6.45) is 2.44. The second-order valence-corrected chi connectivity index (χ2v) is 5.88. The first-order chi connectivity index (χ1) is 10.7. The highest BCUT2D eigenvalue weighted by Gasteiger charge is 2.41. The van der Waals surface area contributed by atoms with Crippen molar-refractivity contribution in [2.45, 2.75) is 18.5 Å². The zero-order valence-electron chi connectivity index (χ0n) is 12.1. The third kappa shape index (κ3) is 2.07. The Kier molecular flexibility index (Phi) is 3.11. The summed E-state index contributed by atoms with van der Waals surface area (Å²) < 4.78 is 0. The van der Waals surface area contributed by atoms with Crippen LogP contribution in [0.3, 0.4) is 0 Å². The molecule has 6 heteroatoms. The molecule has 0 spiro atoms. The van der Waals surface area contributed by atoms with Crippen molar-refractivity contribution >= 4 is 22.7 Å². The van der Waals surface area contributed by atoms with E-state index >= 15 is 0 Å². The lowest BCUT2D eigenvalue weighted by molar-refractivity contribution is -0.150. The van der Waals surface area contributed by atoms with Gasteiger partial charge in [-0.25, -0.2) is 0 Å². The van der Waals surface area contributed by atoms with E-state index in [1.807, 2.05) is 30.5 Å². The van der Waals surface area contributed by atoms with Gasteiger partial charge in [-0.15, -0.1) is 0 Å². The van der Waals surface area contributed by atoms with Gasteiger partial charge in [0.05, 0.1) is 0 Å².